The molecule has 0 spiro atoms. The van der Waals surface area contributed by atoms with Gasteiger partial charge in [0.2, 0.25) is 0 Å². The first kappa shape index (κ1) is 21.2. The molecule has 0 fully saturated rings. The van der Waals surface area contributed by atoms with Gasteiger partial charge in [0.25, 0.3) is 0 Å². The quantitative estimate of drug-likeness (QED) is 0.289. The van der Waals surface area contributed by atoms with Crippen LogP contribution in [0.4, 0.5) is 0 Å². The van der Waals surface area contributed by atoms with E-state index in [0.29, 0.717) is 22.4 Å². The standard InChI is InChI=1S/C27H23NO4/c1-17-25(27(30)32-16-21-15-20(18(2)29)13-14-24(21)31-3)22-11-7-8-12-23(22)28-26(17)19-9-5-4-6-10-19/h4-15H,16H2,1-3H3. The third-order valence-electron chi connectivity index (χ3n) is 5.43. The number of fused-ring (bicyclic) bond motifs is 1. The summed E-state index contributed by atoms with van der Waals surface area (Å²) in [5.41, 5.74) is 4.80. The van der Waals surface area contributed by atoms with E-state index in [4.69, 9.17) is 14.5 Å². The predicted molar refractivity (Wildman–Crippen MR) is 124 cm³/mol. The van der Waals surface area contributed by atoms with Crippen LogP contribution in [0.1, 0.15) is 38.8 Å². The van der Waals surface area contributed by atoms with Crippen LogP contribution in [0.2, 0.25) is 0 Å². The second-order valence-corrected chi connectivity index (χ2v) is 7.50. The van der Waals surface area contributed by atoms with Crippen LogP contribution in [-0.2, 0) is 11.3 Å². The van der Waals surface area contributed by atoms with Gasteiger partial charge in [0.1, 0.15) is 12.4 Å². The van der Waals surface area contributed by atoms with Gasteiger partial charge in [-0.2, -0.15) is 0 Å². The van der Waals surface area contributed by atoms with E-state index >= 15 is 0 Å². The van der Waals surface area contributed by atoms with E-state index in [9.17, 15) is 9.59 Å². The summed E-state index contributed by atoms with van der Waals surface area (Å²) >= 11 is 0. The Hall–Kier alpha value is -3.99. The van der Waals surface area contributed by atoms with Gasteiger partial charge in [-0.1, -0.05) is 48.5 Å². The number of ketones is 1. The Balaban J connectivity index is 1.74. The van der Waals surface area contributed by atoms with E-state index in [0.717, 1.165) is 27.7 Å². The van der Waals surface area contributed by atoms with Crippen molar-refractivity contribution in [3.8, 4) is 17.0 Å². The molecule has 5 nitrogen and oxygen atoms in total. The zero-order valence-corrected chi connectivity index (χ0v) is 18.2. The molecular weight excluding hydrogens is 402 g/mol. The molecular formula is C27H23NO4. The highest BCUT2D eigenvalue weighted by Gasteiger charge is 2.20. The summed E-state index contributed by atoms with van der Waals surface area (Å²) in [5, 5.41) is 0.735. The third kappa shape index (κ3) is 4.10. The normalized spacial score (nSPS) is 10.7. The summed E-state index contributed by atoms with van der Waals surface area (Å²) in [6.07, 6.45) is 0. The Morgan fingerprint density at radius 2 is 1.66 bits per heavy atom. The largest absolute Gasteiger partial charge is 0.496 e. The molecule has 0 atom stereocenters. The van der Waals surface area contributed by atoms with Gasteiger partial charge in [0.15, 0.2) is 5.78 Å². The maximum absolute atomic E-state index is 13.3. The van der Waals surface area contributed by atoms with E-state index in [2.05, 4.69) is 0 Å². The summed E-state index contributed by atoms with van der Waals surface area (Å²) in [6.45, 7) is 3.37. The number of pyridine rings is 1. The molecule has 0 saturated heterocycles. The number of Topliss-reactive ketones (excluding diaryl/α,β-unsaturated/α-hetero) is 1. The number of methoxy groups -OCH3 is 1. The number of nitrogens with zero attached hydrogens (tertiary/aromatic N) is 1. The summed E-state index contributed by atoms with van der Waals surface area (Å²) < 4.78 is 11.1. The highest BCUT2D eigenvalue weighted by Crippen LogP contribution is 2.30. The Morgan fingerprint density at radius 3 is 2.38 bits per heavy atom. The second kappa shape index (κ2) is 9.02. The number of hydrogen-bond donors (Lipinski definition) is 0. The Labute approximate surface area is 186 Å². The fourth-order valence-corrected chi connectivity index (χ4v) is 3.77. The number of benzene rings is 3. The average molecular weight is 425 g/mol. The number of esters is 1. The number of carbonyl (C=O) groups is 2. The van der Waals surface area contributed by atoms with E-state index in [1.807, 2.05) is 61.5 Å². The first-order valence-corrected chi connectivity index (χ1v) is 10.3. The number of ether oxygens (including phenoxy) is 2. The lowest BCUT2D eigenvalue weighted by atomic mass is 9.98. The van der Waals surface area contributed by atoms with Gasteiger partial charge in [-0.05, 0) is 43.7 Å². The molecule has 4 aromatic rings. The van der Waals surface area contributed by atoms with Crippen molar-refractivity contribution in [1.29, 1.82) is 0 Å². The summed E-state index contributed by atoms with van der Waals surface area (Å²) in [6, 6.07) is 22.4. The molecule has 5 heteroatoms. The number of para-hydroxylation sites is 1. The maximum Gasteiger partial charge on any atom is 0.339 e. The van der Waals surface area contributed by atoms with Gasteiger partial charge in [0.05, 0.1) is 23.9 Å². The van der Waals surface area contributed by atoms with Crippen LogP contribution in [0.5, 0.6) is 5.75 Å². The molecule has 4 rings (SSSR count). The van der Waals surface area contributed by atoms with Gasteiger partial charge in [-0.25, -0.2) is 9.78 Å². The van der Waals surface area contributed by atoms with Crippen molar-refractivity contribution < 1.29 is 19.1 Å². The first-order chi connectivity index (χ1) is 15.5. The fraction of sp³-hybridized carbons (Fsp3) is 0.148. The van der Waals surface area contributed by atoms with Gasteiger partial charge in [-0.3, -0.25) is 4.79 Å². The van der Waals surface area contributed by atoms with Crippen molar-refractivity contribution in [2.75, 3.05) is 7.11 Å². The lowest BCUT2D eigenvalue weighted by Gasteiger charge is -2.15. The zero-order valence-electron chi connectivity index (χ0n) is 18.2. The molecule has 0 aliphatic rings. The molecule has 0 aliphatic carbocycles. The topological polar surface area (TPSA) is 65.5 Å². The van der Waals surface area contributed by atoms with Crippen molar-refractivity contribution >= 4 is 22.7 Å². The van der Waals surface area contributed by atoms with E-state index in [1.165, 1.54) is 6.92 Å². The predicted octanol–water partition coefficient (Wildman–Crippen LogP) is 5.78. The SMILES string of the molecule is COc1ccc(C(C)=O)cc1COC(=O)c1c(C)c(-c2ccccc2)nc2ccccc12. The molecule has 0 saturated carbocycles. The van der Waals surface area contributed by atoms with Gasteiger partial charge < -0.3 is 9.47 Å². The van der Waals surface area contributed by atoms with Crippen LogP contribution in [0.15, 0.2) is 72.8 Å². The molecule has 0 N–H and O–H groups in total. The number of hydrogen-bond acceptors (Lipinski definition) is 5. The van der Waals surface area contributed by atoms with Crippen molar-refractivity contribution in [3.63, 3.8) is 0 Å². The van der Waals surface area contributed by atoms with E-state index in [1.54, 1.807) is 25.3 Å². The minimum Gasteiger partial charge on any atom is -0.496 e. The summed E-state index contributed by atoms with van der Waals surface area (Å²) in [5.74, 6) is 0.0429. The van der Waals surface area contributed by atoms with Crippen LogP contribution in [0, 0.1) is 6.92 Å². The van der Waals surface area contributed by atoms with Crippen LogP contribution < -0.4 is 4.74 Å². The lowest BCUT2D eigenvalue weighted by Crippen LogP contribution is -2.11. The molecule has 0 bridgehead atoms. The van der Waals surface area contributed by atoms with E-state index in [-0.39, 0.29) is 12.4 Å². The molecule has 1 aromatic heterocycles. The summed E-state index contributed by atoms with van der Waals surface area (Å²) in [7, 11) is 1.54. The van der Waals surface area contributed by atoms with Crippen LogP contribution in [0.25, 0.3) is 22.2 Å². The minimum atomic E-state index is -0.450. The van der Waals surface area contributed by atoms with Gasteiger partial charge in [-0.15, -0.1) is 0 Å². The molecule has 1 heterocycles. The van der Waals surface area contributed by atoms with Crippen LogP contribution in [0.3, 0.4) is 0 Å². The highest BCUT2D eigenvalue weighted by molar-refractivity contribution is 6.06. The molecule has 160 valence electrons. The zero-order chi connectivity index (χ0) is 22.7. The van der Waals surface area contributed by atoms with E-state index < -0.39 is 5.97 Å². The number of aromatic nitrogens is 1. The lowest BCUT2D eigenvalue weighted by molar-refractivity contribution is 0.0471. The molecule has 0 radical (unpaired) electrons. The van der Waals surface area contributed by atoms with Crippen LogP contribution in [-0.4, -0.2) is 23.8 Å². The second-order valence-electron chi connectivity index (χ2n) is 7.50. The van der Waals surface area contributed by atoms with Crippen molar-refractivity contribution in [1.82, 2.24) is 4.98 Å². The third-order valence-corrected chi connectivity index (χ3v) is 5.43. The van der Waals surface area contributed by atoms with Crippen molar-refractivity contribution in [2.24, 2.45) is 0 Å². The Kier molecular flexibility index (Phi) is 5.99. The number of carbonyl (C=O) groups excluding carboxylic acids is 2. The Bertz CT molecular complexity index is 1310. The van der Waals surface area contributed by atoms with Crippen molar-refractivity contribution in [2.45, 2.75) is 20.5 Å². The smallest absolute Gasteiger partial charge is 0.339 e. The Morgan fingerprint density at radius 1 is 0.938 bits per heavy atom. The fourth-order valence-electron chi connectivity index (χ4n) is 3.77. The summed E-state index contributed by atoms with van der Waals surface area (Å²) in [4.78, 5) is 29.9. The van der Waals surface area contributed by atoms with Gasteiger partial charge in [0, 0.05) is 22.1 Å². The average Bonchev–Trinajstić information content (AvgIpc) is 2.82. The van der Waals surface area contributed by atoms with Crippen LogP contribution >= 0.6 is 0 Å². The van der Waals surface area contributed by atoms with Crippen molar-refractivity contribution in [3.05, 3.63) is 95.1 Å². The molecule has 0 amide bonds. The molecule has 3 aromatic carbocycles. The molecule has 0 unspecified atom stereocenters. The monoisotopic (exact) mass is 425 g/mol. The first-order valence-electron chi connectivity index (χ1n) is 10.3. The molecule has 32 heavy (non-hydrogen) atoms. The minimum absolute atomic E-state index is 0.0140. The highest BCUT2D eigenvalue weighted by atomic mass is 16.5. The number of rotatable bonds is 6. The maximum atomic E-state index is 13.3. The van der Waals surface area contributed by atoms with Gasteiger partial charge >= 0.3 is 5.97 Å². The molecule has 0 aliphatic heterocycles.